The van der Waals surface area contributed by atoms with Crippen LogP contribution in [-0.2, 0) is 0 Å². The summed E-state index contributed by atoms with van der Waals surface area (Å²) in [4.78, 5) is 19.5. The van der Waals surface area contributed by atoms with Gasteiger partial charge in [-0.3, -0.25) is 4.79 Å². The number of likely N-dealkylation sites (N-methyl/N-ethyl adjacent to an activating group) is 1. The first-order chi connectivity index (χ1) is 10.3. The Morgan fingerprint density at radius 3 is 2.67 bits per heavy atom. The maximum atomic E-state index is 12.5. The molecule has 2 aromatic rings. The van der Waals surface area contributed by atoms with Crippen LogP contribution in [0, 0.1) is 0 Å². The molecule has 4 nitrogen and oxygen atoms in total. The van der Waals surface area contributed by atoms with Crippen LogP contribution in [0.1, 0.15) is 17.3 Å². The summed E-state index contributed by atoms with van der Waals surface area (Å²) in [5.74, 6) is -0.0990. The summed E-state index contributed by atoms with van der Waals surface area (Å²) in [6, 6.07) is 13.4. The zero-order valence-electron chi connectivity index (χ0n) is 11.9. The number of aliphatic hydroxyl groups excluding tert-OH is 1. The van der Waals surface area contributed by atoms with E-state index in [4.69, 9.17) is 5.11 Å². The largest absolute Gasteiger partial charge is 0.395 e. The molecule has 0 fully saturated rings. The molecule has 1 aromatic carbocycles. The molecule has 0 unspecified atom stereocenters. The van der Waals surface area contributed by atoms with Gasteiger partial charge in [-0.2, -0.15) is 0 Å². The van der Waals surface area contributed by atoms with Gasteiger partial charge in [0.15, 0.2) is 0 Å². The van der Waals surface area contributed by atoms with Crippen LogP contribution in [0.4, 0.5) is 0 Å². The van der Waals surface area contributed by atoms with Gasteiger partial charge in [0.25, 0.3) is 5.91 Å². The van der Waals surface area contributed by atoms with Crippen molar-refractivity contribution >= 4 is 17.7 Å². The van der Waals surface area contributed by atoms with Crippen molar-refractivity contribution in [2.75, 3.05) is 19.7 Å². The average molecular weight is 302 g/mol. The zero-order chi connectivity index (χ0) is 15.1. The van der Waals surface area contributed by atoms with Gasteiger partial charge in [0.05, 0.1) is 12.2 Å². The lowest BCUT2D eigenvalue weighted by molar-refractivity contribution is 0.0727. The van der Waals surface area contributed by atoms with Crippen LogP contribution in [0.2, 0.25) is 0 Å². The van der Waals surface area contributed by atoms with Crippen molar-refractivity contribution in [3.05, 3.63) is 54.2 Å². The summed E-state index contributed by atoms with van der Waals surface area (Å²) in [6.07, 6.45) is 1.68. The molecule has 0 saturated carbocycles. The molecule has 0 spiro atoms. The van der Waals surface area contributed by atoms with Crippen LogP contribution < -0.4 is 0 Å². The number of carbonyl (C=O) groups is 1. The monoisotopic (exact) mass is 302 g/mol. The lowest BCUT2D eigenvalue weighted by Crippen LogP contribution is -2.33. The number of benzene rings is 1. The Morgan fingerprint density at radius 2 is 2.00 bits per heavy atom. The van der Waals surface area contributed by atoms with E-state index in [9.17, 15) is 4.79 Å². The normalized spacial score (nSPS) is 10.4. The fraction of sp³-hybridized carbons (Fsp3) is 0.250. The van der Waals surface area contributed by atoms with Crippen LogP contribution in [0.25, 0.3) is 0 Å². The minimum atomic E-state index is -0.0990. The second-order valence-corrected chi connectivity index (χ2v) is 5.44. The van der Waals surface area contributed by atoms with E-state index in [1.807, 2.05) is 37.3 Å². The topological polar surface area (TPSA) is 53.4 Å². The number of hydrogen-bond acceptors (Lipinski definition) is 4. The molecule has 0 bridgehead atoms. The van der Waals surface area contributed by atoms with Crippen molar-refractivity contribution < 1.29 is 9.90 Å². The standard InChI is InChI=1S/C16H18N2O2S/c1-2-18(11-12-19)16(20)14-9-6-10-17-15(14)21-13-7-4-3-5-8-13/h3-10,19H,2,11-12H2,1H3. The summed E-state index contributed by atoms with van der Waals surface area (Å²) in [5.41, 5.74) is 0.571. The first kappa shape index (κ1) is 15.5. The third-order valence-corrected chi connectivity index (χ3v) is 4.02. The van der Waals surface area contributed by atoms with E-state index in [0.29, 0.717) is 23.7 Å². The fourth-order valence-corrected chi connectivity index (χ4v) is 2.82. The lowest BCUT2D eigenvalue weighted by atomic mass is 10.2. The van der Waals surface area contributed by atoms with E-state index >= 15 is 0 Å². The van der Waals surface area contributed by atoms with Crippen molar-refractivity contribution in [2.24, 2.45) is 0 Å². The molecular weight excluding hydrogens is 284 g/mol. The summed E-state index contributed by atoms with van der Waals surface area (Å²) in [7, 11) is 0. The Kier molecular flexibility index (Phi) is 5.78. The summed E-state index contributed by atoms with van der Waals surface area (Å²) < 4.78 is 0. The van der Waals surface area contributed by atoms with E-state index < -0.39 is 0 Å². The summed E-state index contributed by atoms with van der Waals surface area (Å²) in [6.45, 7) is 2.75. The zero-order valence-corrected chi connectivity index (χ0v) is 12.7. The van der Waals surface area contributed by atoms with Crippen molar-refractivity contribution in [1.82, 2.24) is 9.88 Å². The highest BCUT2D eigenvalue weighted by molar-refractivity contribution is 7.99. The molecule has 0 aliphatic rings. The van der Waals surface area contributed by atoms with Gasteiger partial charge in [-0.05, 0) is 31.2 Å². The van der Waals surface area contributed by atoms with Crippen LogP contribution in [0.5, 0.6) is 0 Å². The smallest absolute Gasteiger partial charge is 0.256 e. The van der Waals surface area contributed by atoms with Crippen LogP contribution in [0.15, 0.2) is 58.6 Å². The van der Waals surface area contributed by atoms with E-state index in [-0.39, 0.29) is 12.5 Å². The quantitative estimate of drug-likeness (QED) is 0.891. The maximum Gasteiger partial charge on any atom is 0.256 e. The number of nitrogens with zero attached hydrogens (tertiary/aromatic N) is 2. The number of aromatic nitrogens is 1. The molecule has 0 aliphatic heterocycles. The molecule has 5 heteroatoms. The number of carbonyl (C=O) groups excluding carboxylic acids is 1. The predicted molar refractivity (Wildman–Crippen MR) is 83.5 cm³/mol. The van der Waals surface area contributed by atoms with Crippen molar-refractivity contribution in [3.63, 3.8) is 0 Å². The molecule has 21 heavy (non-hydrogen) atoms. The van der Waals surface area contributed by atoms with Gasteiger partial charge < -0.3 is 10.0 Å². The first-order valence-electron chi connectivity index (χ1n) is 6.84. The van der Waals surface area contributed by atoms with Gasteiger partial charge in [-0.1, -0.05) is 30.0 Å². The van der Waals surface area contributed by atoms with Gasteiger partial charge in [-0.15, -0.1) is 0 Å². The second-order valence-electron chi connectivity index (χ2n) is 4.38. The molecule has 0 radical (unpaired) electrons. The Balaban J connectivity index is 2.26. The second kappa shape index (κ2) is 7.81. The van der Waals surface area contributed by atoms with Gasteiger partial charge in [0, 0.05) is 24.2 Å². The van der Waals surface area contributed by atoms with Crippen molar-refractivity contribution in [3.8, 4) is 0 Å². The number of hydrogen-bond donors (Lipinski definition) is 1. The Labute approximate surface area is 128 Å². The van der Waals surface area contributed by atoms with Gasteiger partial charge in [0.1, 0.15) is 5.03 Å². The van der Waals surface area contributed by atoms with E-state index in [1.165, 1.54) is 11.8 Å². The Morgan fingerprint density at radius 1 is 1.24 bits per heavy atom. The first-order valence-corrected chi connectivity index (χ1v) is 7.66. The minimum absolute atomic E-state index is 0.0407. The summed E-state index contributed by atoms with van der Waals surface area (Å²) >= 11 is 1.47. The van der Waals surface area contributed by atoms with E-state index in [2.05, 4.69) is 4.98 Å². The Bertz CT molecular complexity index is 590. The highest BCUT2D eigenvalue weighted by Crippen LogP contribution is 2.28. The van der Waals surface area contributed by atoms with Crippen molar-refractivity contribution in [1.29, 1.82) is 0 Å². The fourth-order valence-electron chi connectivity index (χ4n) is 1.93. The molecule has 2 rings (SSSR count). The molecular formula is C16H18N2O2S. The molecule has 1 aromatic heterocycles. The predicted octanol–water partition coefficient (Wildman–Crippen LogP) is 2.69. The highest BCUT2D eigenvalue weighted by atomic mass is 32.2. The van der Waals surface area contributed by atoms with Gasteiger partial charge in [-0.25, -0.2) is 4.98 Å². The molecule has 1 N–H and O–H groups in total. The van der Waals surface area contributed by atoms with Crippen LogP contribution in [-0.4, -0.2) is 40.6 Å². The van der Waals surface area contributed by atoms with Gasteiger partial charge in [0.2, 0.25) is 0 Å². The SMILES string of the molecule is CCN(CCO)C(=O)c1cccnc1Sc1ccccc1. The number of rotatable bonds is 6. The van der Waals surface area contributed by atoms with Gasteiger partial charge >= 0.3 is 0 Å². The maximum absolute atomic E-state index is 12.5. The lowest BCUT2D eigenvalue weighted by Gasteiger charge is -2.20. The number of amides is 1. The highest BCUT2D eigenvalue weighted by Gasteiger charge is 2.18. The Hall–Kier alpha value is -1.85. The molecule has 110 valence electrons. The average Bonchev–Trinajstić information content (AvgIpc) is 2.53. The number of aliphatic hydroxyl groups is 1. The van der Waals surface area contributed by atoms with Crippen LogP contribution >= 0.6 is 11.8 Å². The molecule has 1 amide bonds. The third-order valence-electron chi connectivity index (χ3n) is 3.00. The molecule has 0 saturated heterocycles. The number of pyridine rings is 1. The van der Waals surface area contributed by atoms with E-state index in [0.717, 1.165) is 4.90 Å². The van der Waals surface area contributed by atoms with E-state index in [1.54, 1.807) is 23.2 Å². The summed E-state index contributed by atoms with van der Waals surface area (Å²) in [5, 5.41) is 9.74. The third kappa shape index (κ3) is 4.06. The van der Waals surface area contributed by atoms with Crippen LogP contribution in [0.3, 0.4) is 0 Å². The van der Waals surface area contributed by atoms with Crippen molar-refractivity contribution in [2.45, 2.75) is 16.8 Å². The molecule has 0 atom stereocenters. The molecule has 1 heterocycles. The molecule has 0 aliphatic carbocycles. The minimum Gasteiger partial charge on any atom is -0.395 e.